The maximum absolute atomic E-state index is 15.4. The van der Waals surface area contributed by atoms with Crippen molar-refractivity contribution in [1.82, 2.24) is 10.3 Å². The number of carbonyl (C=O) groups is 2. The van der Waals surface area contributed by atoms with Crippen molar-refractivity contribution in [3.8, 4) is 0 Å². The summed E-state index contributed by atoms with van der Waals surface area (Å²) in [6.45, 7) is 9.71. The maximum Gasteiger partial charge on any atom is 0.306 e. The Balaban J connectivity index is 1.60. The topological polar surface area (TPSA) is 108 Å². The lowest BCUT2D eigenvalue weighted by Gasteiger charge is -2.29. The Kier molecular flexibility index (Phi) is 8.51. The predicted octanol–water partition coefficient (Wildman–Crippen LogP) is 5.77. The fourth-order valence-electron chi connectivity index (χ4n) is 4.97. The van der Waals surface area contributed by atoms with Crippen LogP contribution in [-0.2, 0) is 4.79 Å². The summed E-state index contributed by atoms with van der Waals surface area (Å²) in [7, 11) is 0. The first-order valence-corrected chi connectivity index (χ1v) is 13.3. The standard InChI is InChI=1S/C28H37FN4O4/c1-4-11-33(12-5-2)25-15-22(29)21(26(34)31-20-8-6-7-19(13-20)28(35)36)14-23(25)30-17(3)24-16-37-27(32-24)18-9-10-18/h14-16,18-20,30H,3-13H2,1-2H3,(H,31,34)(H,35,36)/t19-,20+/m0/s1. The Morgan fingerprint density at radius 2 is 1.92 bits per heavy atom. The zero-order chi connectivity index (χ0) is 26.5. The van der Waals surface area contributed by atoms with Crippen molar-refractivity contribution in [3.05, 3.63) is 47.9 Å². The largest absolute Gasteiger partial charge is 0.481 e. The lowest BCUT2D eigenvalue weighted by atomic mass is 9.85. The molecule has 2 aliphatic carbocycles. The summed E-state index contributed by atoms with van der Waals surface area (Å²) in [6.07, 6.45) is 7.78. The molecule has 2 atom stereocenters. The van der Waals surface area contributed by atoms with Gasteiger partial charge in [0.1, 0.15) is 17.8 Å². The molecule has 0 saturated heterocycles. The summed E-state index contributed by atoms with van der Waals surface area (Å²) in [4.78, 5) is 31.2. The first kappa shape index (κ1) is 26.7. The molecule has 9 heteroatoms. The van der Waals surface area contributed by atoms with E-state index < -0.39 is 23.6 Å². The number of aliphatic carboxylic acids is 1. The molecule has 1 aromatic heterocycles. The second-order valence-electron chi connectivity index (χ2n) is 10.2. The first-order chi connectivity index (χ1) is 17.8. The lowest BCUT2D eigenvalue weighted by Crippen LogP contribution is -2.40. The highest BCUT2D eigenvalue weighted by molar-refractivity contribution is 5.98. The lowest BCUT2D eigenvalue weighted by molar-refractivity contribution is -0.143. The molecule has 37 heavy (non-hydrogen) atoms. The van der Waals surface area contributed by atoms with Gasteiger partial charge in [0.05, 0.1) is 28.6 Å². The van der Waals surface area contributed by atoms with E-state index in [1.165, 1.54) is 12.1 Å². The fourth-order valence-corrected chi connectivity index (χ4v) is 4.97. The molecule has 8 nitrogen and oxygen atoms in total. The second kappa shape index (κ2) is 11.8. The molecular formula is C28H37FN4O4. The van der Waals surface area contributed by atoms with Crippen LogP contribution >= 0.6 is 0 Å². The van der Waals surface area contributed by atoms with Gasteiger partial charge in [0.25, 0.3) is 5.91 Å². The molecule has 3 N–H and O–H groups in total. The van der Waals surface area contributed by atoms with E-state index in [2.05, 4.69) is 40.9 Å². The third-order valence-electron chi connectivity index (χ3n) is 7.06. The van der Waals surface area contributed by atoms with Gasteiger partial charge >= 0.3 is 5.97 Å². The molecule has 1 aromatic carbocycles. The smallest absolute Gasteiger partial charge is 0.306 e. The van der Waals surface area contributed by atoms with Gasteiger partial charge in [0.2, 0.25) is 0 Å². The van der Waals surface area contributed by atoms with Gasteiger partial charge in [-0.3, -0.25) is 9.59 Å². The Labute approximate surface area is 217 Å². The summed E-state index contributed by atoms with van der Waals surface area (Å²) in [5.41, 5.74) is 2.18. The summed E-state index contributed by atoms with van der Waals surface area (Å²) < 4.78 is 21.0. The van der Waals surface area contributed by atoms with Crippen LogP contribution in [0.5, 0.6) is 0 Å². The van der Waals surface area contributed by atoms with Gasteiger partial charge in [-0.05, 0) is 51.0 Å². The van der Waals surface area contributed by atoms with Crippen LogP contribution in [0.25, 0.3) is 5.70 Å². The van der Waals surface area contributed by atoms with Gasteiger partial charge < -0.3 is 25.1 Å². The summed E-state index contributed by atoms with van der Waals surface area (Å²) >= 11 is 0. The normalized spacial score (nSPS) is 19.3. The van der Waals surface area contributed by atoms with E-state index in [1.807, 2.05) is 0 Å². The molecule has 4 rings (SSSR count). The Morgan fingerprint density at radius 1 is 1.19 bits per heavy atom. The van der Waals surface area contributed by atoms with Crippen molar-refractivity contribution < 1.29 is 23.5 Å². The Hall–Kier alpha value is -3.36. The highest BCUT2D eigenvalue weighted by Gasteiger charge is 2.30. The molecule has 2 fully saturated rings. The molecule has 0 unspecified atom stereocenters. The molecule has 2 aromatic rings. The molecule has 2 aliphatic rings. The number of nitrogens with one attached hydrogen (secondary N) is 2. The number of carbonyl (C=O) groups excluding carboxylic acids is 1. The van der Waals surface area contributed by atoms with E-state index in [4.69, 9.17) is 4.42 Å². The van der Waals surface area contributed by atoms with E-state index in [-0.39, 0.29) is 11.6 Å². The Bertz CT molecular complexity index is 1140. The number of carboxylic acids is 1. The van der Waals surface area contributed by atoms with Gasteiger partial charge in [-0.25, -0.2) is 9.37 Å². The monoisotopic (exact) mass is 512 g/mol. The fraction of sp³-hybridized carbons (Fsp3) is 0.536. The maximum atomic E-state index is 15.4. The summed E-state index contributed by atoms with van der Waals surface area (Å²) in [5.74, 6) is -1.46. The minimum absolute atomic E-state index is 0.0942. The predicted molar refractivity (Wildman–Crippen MR) is 141 cm³/mol. The van der Waals surface area contributed by atoms with Gasteiger partial charge in [0.15, 0.2) is 5.89 Å². The van der Waals surface area contributed by atoms with Crippen molar-refractivity contribution in [2.75, 3.05) is 23.3 Å². The second-order valence-corrected chi connectivity index (χ2v) is 10.2. The third-order valence-corrected chi connectivity index (χ3v) is 7.06. The van der Waals surface area contributed by atoms with Gasteiger partial charge in [-0.15, -0.1) is 0 Å². The van der Waals surface area contributed by atoms with Crippen molar-refractivity contribution in [2.45, 2.75) is 77.2 Å². The number of carboxylic acid groups (broad SMARTS) is 1. The highest BCUT2D eigenvalue weighted by Crippen LogP contribution is 2.40. The van der Waals surface area contributed by atoms with E-state index in [0.29, 0.717) is 60.3 Å². The van der Waals surface area contributed by atoms with E-state index in [1.54, 1.807) is 6.26 Å². The molecule has 1 amide bonds. The molecule has 0 spiro atoms. The summed E-state index contributed by atoms with van der Waals surface area (Å²) in [6, 6.07) is 2.61. The number of hydrogen-bond donors (Lipinski definition) is 3. The average molecular weight is 513 g/mol. The van der Waals surface area contributed by atoms with Crippen LogP contribution < -0.4 is 15.5 Å². The number of aromatic nitrogens is 1. The SMILES string of the molecule is C=C(Nc1cc(C(=O)N[C@@H]2CCC[C@H](C(=O)O)C2)c(F)cc1N(CCC)CCC)c1coc(C2CC2)n1. The van der Waals surface area contributed by atoms with Gasteiger partial charge in [-0.2, -0.15) is 0 Å². The van der Waals surface area contributed by atoms with Crippen molar-refractivity contribution in [3.63, 3.8) is 0 Å². The number of nitrogens with zero attached hydrogens (tertiary/aromatic N) is 2. The molecular weight excluding hydrogens is 475 g/mol. The van der Waals surface area contributed by atoms with Crippen LogP contribution in [0.4, 0.5) is 15.8 Å². The van der Waals surface area contributed by atoms with Crippen molar-refractivity contribution in [1.29, 1.82) is 0 Å². The minimum Gasteiger partial charge on any atom is -0.481 e. The van der Waals surface area contributed by atoms with Crippen LogP contribution in [0, 0.1) is 11.7 Å². The van der Waals surface area contributed by atoms with Gasteiger partial charge in [-0.1, -0.05) is 26.8 Å². The molecule has 0 aliphatic heterocycles. The highest BCUT2D eigenvalue weighted by atomic mass is 19.1. The molecule has 200 valence electrons. The number of rotatable bonds is 12. The third kappa shape index (κ3) is 6.50. The molecule has 2 saturated carbocycles. The number of hydrogen-bond acceptors (Lipinski definition) is 6. The van der Waals surface area contributed by atoms with Crippen molar-refractivity contribution in [2.24, 2.45) is 5.92 Å². The quantitative estimate of drug-likeness (QED) is 0.331. The average Bonchev–Trinajstić information content (AvgIpc) is 3.60. The first-order valence-electron chi connectivity index (χ1n) is 13.3. The summed E-state index contributed by atoms with van der Waals surface area (Å²) in [5, 5.41) is 15.5. The molecule has 0 radical (unpaired) electrons. The number of halogens is 1. The number of oxazole rings is 1. The number of anilines is 2. The van der Waals surface area contributed by atoms with E-state index in [9.17, 15) is 14.7 Å². The van der Waals surface area contributed by atoms with Crippen LogP contribution in [0.3, 0.4) is 0 Å². The van der Waals surface area contributed by atoms with E-state index >= 15 is 4.39 Å². The van der Waals surface area contributed by atoms with Crippen LogP contribution in [0.2, 0.25) is 0 Å². The molecule has 0 bridgehead atoms. The van der Waals surface area contributed by atoms with Crippen LogP contribution in [0.15, 0.2) is 29.4 Å². The van der Waals surface area contributed by atoms with Crippen molar-refractivity contribution >= 4 is 28.9 Å². The molecule has 1 heterocycles. The minimum atomic E-state index is -0.857. The number of amides is 1. The number of benzene rings is 1. The zero-order valence-corrected chi connectivity index (χ0v) is 21.7. The van der Waals surface area contributed by atoms with Gasteiger partial charge in [0, 0.05) is 31.1 Å². The Morgan fingerprint density at radius 3 is 2.57 bits per heavy atom. The zero-order valence-electron chi connectivity index (χ0n) is 21.7. The van der Waals surface area contributed by atoms with Crippen LogP contribution in [-0.4, -0.2) is 41.1 Å². The van der Waals surface area contributed by atoms with Crippen LogP contribution in [0.1, 0.15) is 93.1 Å². The van der Waals surface area contributed by atoms with E-state index in [0.717, 1.165) is 38.8 Å².